The summed E-state index contributed by atoms with van der Waals surface area (Å²) in [6, 6.07) is 21.3. The van der Waals surface area contributed by atoms with Crippen LogP contribution in [0.1, 0.15) is 28.8 Å². The summed E-state index contributed by atoms with van der Waals surface area (Å²) in [7, 11) is 1.65. The molecule has 1 unspecified atom stereocenters. The number of hydrogen-bond acceptors (Lipinski definition) is 5. The molecule has 1 heterocycles. The first kappa shape index (κ1) is 22.8. The van der Waals surface area contributed by atoms with Crippen molar-refractivity contribution in [1.82, 2.24) is 9.80 Å². The predicted octanol–water partition coefficient (Wildman–Crippen LogP) is 3.95. The Bertz CT molecular complexity index is 1110. The van der Waals surface area contributed by atoms with Gasteiger partial charge in [0.2, 0.25) is 0 Å². The molecule has 0 N–H and O–H groups in total. The molecule has 172 valence electrons. The van der Waals surface area contributed by atoms with Crippen LogP contribution in [0.3, 0.4) is 0 Å². The Morgan fingerprint density at radius 3 is 2.33 bits per heavy atom. The third-order valence-corrected chi connectivity index (χ3v) is 6.26. The van der Waals surface area contributed by atoms with E-state index >= 15 is 0 Å². The minimum Gasteiger partial charge on any atom is -0.497 e. The maximum Gasteiger partial charge on any atom is 0.313 e. The third-order valence-electron chi connectivity index (χ3n) is 6.26. The summed E-state index contributed by atoms with van der Waals surface area (Å²) >= 11 is 0. The lowest BCUT2D eigenvalue weighted by atomic mass is 9.98. The summed E-state index contributed by atoms with van der Waals surface area (Å²) in [6.45, 7) is 5.81. The van der Waals surface area contributed by atoms with E-state index in [9.17, 15) is 9.59 Å². The molecule has 1 aliphatic heterocycles. The van der Waals surface area contributed by atoms with E-state index in [0.717, 1.165) is 40.7 Å². The number of hydrogen-bond donors (Lipinski definition) is 0. The molecular weight excluding hydrogens is 416 g/mol. The molecule has 0 aliphatic carbocycles. The number of rotatable bonds is 7. The second-order valence-corrected chi connectivity index (χ2v) is 8.36. The molecule has 0 bridgehead atoms. The zero-order valence-corrected chi connectivity index (χ0v) is 19.2. The van der Waals surface area contributed by atoms with Gasteiger partial charge in [0, 0.05) is 38.3 Å². The molecule has 33 heavy (non-hydrogen) atoms. The number of fused-ring (bicyclic) bond motifs is 1. The van der Waals surface area contributed by atoms with Gasteiger partial charge in [-0.3, -0.25) is 14.5 Å². The molecule has 4 rings (SSSR count). The van der Waals surface area contributed by atoms with E-state index in [1.54, 1.807) is 7.11 Å². The van der Waals surface area contributed by atoms with Crippen LogP contribution in [0.25, 0.3) is 10.8 Å². The Morgan fingerprint density at radius 2 is 1.61 bits per heavy atom. The average Bonchev–Trinajstić information content (AvgIpc) is 2.88. The number of ether oxygens (including phenoxy) is 2. The van der Waals surface area contributed by atoms with Crippen LogP contribution in [0, 0.1) is 0 Å². The second kappa shape index (κ2) is 10.5. The number of benzene rings is 3. The Kier molecular flexibility index (Phi) is 7.25. The number of amides is 1. The molecule has 0 saturated carbocycles. The van der Waals surface area contributed by atoms with Crippen molar-refractivity contribution < 1.29 is 19.1 Å². The van der Waals surface area contributed by atoms with Gasteiger partial charge >= 0.3 is 5.97 Å². The first-order valence-electron chi connectivity index (χ1n) is 11.4. The molecular formula is C27H30N2O4. The Balaban J connectivity index is 1.23. The lowest BCUT2D eigenvalue weighted by Crippen LogP contribution is -2.49. The van der Waals surface area contributed by atoms with Crippen LogP contribution in [0.2, 0.25) is 0 Å². The molecule has 6 heteroatoms. The summed E-state index contributed by atoms with van der Waals surface area (Å²) < 4.78 is 10.8. The van der Waals surface area contributed by atoms with Gasteiger partial charge in [-0.25, -0.2) is 0 Å². The van der Waals surface area contributed by atoms with Gasteiger partial charge in [-0.2, -0.15) is 0 Å². The second-order valence-electron chi connectivity index (χ2n) is 8.36. The molecule has 1 amide bonds. The van der Waals surface area contributed by atoms with Gasteiger partial charge in [0.15, 0.2) is 0 Å². The molecule has 6 nitrogen and oxygen atoms in total. The van der Waals surface area contributed by atoms with Crippen LogP contribution >= 0.6 is 0 Å². The maximum atomic E-state index is 12.6. The van der Waals surface area contributed by atoms with Crippen molar-refractivity contribution in [1.29, 1.82) is 0 Å². The van der Waals surface area contributed by atoms with Gasteiger partial charge < -0.3 is 14.4 Å². The van der Waals surface area contributed by atoms with Crippen molar-refractivity contribution in [2.75, 3.05) is 46.4 Å². The van der Waals surface area contributed by atoms with Gasteiger partial charge in [-0.15, -0.1) is 0 Å². The fourth-order valence-corrected chi connectivity index (χ4v) is 4.11. The molecule has 1 fully saturated rings. The van der Waals surface area contributed by atoms with Gasteiger partial charge in [0.05, 0.1) is 13.0 Å². The van der Waals surface area contributed by atoms with Crippen LogP contribution in [0.15, 0.2) is 66.7 Å². The van der Waals surface area contributed by atoms with Gasteiger partial charge in [0.1, 0.15) is 12.4 Å². The van der Waals surface area contributed by atoms with Gasteiger partial charge in [0.25, 0.3) is 5.91 Å². The normalized spacial score (nSPS) is 15.3. The number of esters is 1. The van der Waals surface area contributed by atoms with Crippen molar-refractivity contribution >= 4 is 22.6 Å². The van der Waals surface area contributed by atoms with Crippen molar-refractivity contribution in [3.8, 4) is 5.75 Å². The highest BCUT2D eigenvalue weighted by molar-refractivity contribution is 5.94. The zero-order chi connectivity index (χ0) is 23.2. The van der Waals surface area contributed by atoms with Crippen LogP contribution in [0.5, 0.6) is 5.75 Å². The van der Waals surface area contributed by atoms with E-state index in [2.05, 4.69) is 4.90 Å². The fraction of sp³-hybridized carbons (Fsp3) is 0.333. The van der Waals surface area contributed by atoms with Crippen LogP contribution < -0.4 is 4.74 Å². The van der Waals surface area contributed by atoms with Crippen LogP contribution in [0.4, 0.5) is 0 Å². The van der Waals surface area contributed by atoms with E-state index < -0.39 is 0 Å². The van der Waals surface area contributed by atoms with Gasteiger partial charge in [-0.05, 0) is 47.5 Å². The molecule has 1 aliphatic rings. The topological polar surface area (TPSA) is 59.1 Å². The molecule has 1 saturated heterocycles. The summed E-state index contributed by atoms with van der Waals surface area (Å²) in [4.78, 5) is 29.3. The number of carbonyl (C=O) groups excluding carboxylic acids is 2. The largest absolute Gasteiger partial charge is 0.497 e. The SMILES string of the molecule is COc1ccc2cc(C(C)C(=O)OCCN3CCN(C(=O)c4ccccc4)CC3)ccc2c1. The standard InChI is InChI=1S/C27H30N2O4/c1-20(22-8-9-24-19-25(32-2)11-10-23(24)18-22)27(31)33-17-16-28-12-14-29(15-13-28)26(30)21-6-4-3-5-7-21/h3-11,18-20H,12-17H2,1-2H3. The smallest absolute Gasteiger partial charge is 0.313 e. The minimum atomic E-state index is -0.336. The quantitative estimate of drug-likeness (QED) is 0.515. The monoisotopic (exact) mass is 446 g/mol. The highest BCUT2D eigenvalue weighted by Crippen LogP contribution is 2.25. The number of carbonyl (C=O) groups is 2. The van der Waals surface area contributed by atoms with E-state index in [1.165, 1.54) is 0 Å². The van der Waals surface area contributed by atoms with Crippen molar-refractivity contribution in [2.45, 2.75) is 12.8 Å². The van der Waals surface area contributed by atoms with Gasteiger partial charge in [-0.1, -0.05) is 42.5 Å². The summed E-state index contributed by atoms with van der Waals surface area (Å²) in [5.74, 6) is 0.329. The van der Waals surface area contributed by atoms with Crippen molar-refractivity contribution in [2.24, 2.45) is 0 Å². The molecule has 0 radical (unpaired) electrons. The number of methoxy groups -OCH3 is 1. The molecule has 0 aromatic heterocycles. The van der Waals surface area contributed by atoms with Crippen LogP contribution in [-0.2, 0) is 9.53 Å². The molecule has 3 aromatic carbocycles. The lowest BCUT2D eigenvalue weighted by Gasteiger charge is -2.34. The highest BCUT2D eigenvalue weighted by Gasteiger charge is 2.23. The first-order valence-corrected chi connectivity index (χ1v) is 11.4. The van der Waals surface area contributed by atoms with Crippen molar-refractivity contribution in [3.63, 3.8) is 0 Å². The Morgan fingerprint density at radius 1 is 0.909 bits per heavy atom. The molecule has 1 atom stereocenters. The predicted molar refractivity (Wildman–Crippen MR) is 129 cm³/mol. The Hall–Kier alpha value is -3.38. The van der Waals surface area contributed by atoms with E-state index in [0.29, 0.717) is 26.2 Å². The summed E-state index contributed by atoms with van der Waals surface area (Å²) in [5, 5.41) is 2.14. The molecule has 3 aromatic rings. The third kappa shape index (κ3) is 5.52. The fourth-order valence-electron chi connectivity index (χ4n) is 4.11. The first-order chi connectivity index (χ1) is 16.0. The minimum absolute atomic E-state index is 0.0735. The molecule has 0 spiro atoms. The average molecular weight is 447 g/mol. The lowest BCUT2D eigenvalue weighted by molar-refractivity contribution is -0.145. The Labute approximate surface area is 194 Å². The van der Waals surface area contributed by atoms with E-state index in [-0.39, 0.29) is 17.8 Å². The number of nitrogens with zero attached hydrogens (tertiary/aromatic N) is 2. The zero-order valence-electron chi connectivity index (χ0n) is 19.2. The van der Waals surface area contributed by atoms with E-state index in [4.69, 9.17) is 9.47 Å². The summed E-state index contributed by atoms with van der Waals surface area (Å²) in [5.41, 5.74) is 1.66. The highest BCUT2D eigenvalue weighted by atomic mass is 16.5. The maximum absolute atomic E-state index is 12.6. The van der Waals surface area contributed by atoms with Crippen molar-refractivity contribution in [3.05, 3.63) is 77.9 Å². The number of piperazine rings is 1. The van der Waals surface area contributed by atoms with E-state index in [1.807, 2.05) is 78.6 Å². The summed E-state index contributed by atoms with van der Waals surface area (Å²) in [6.07, 6.45) is 0. The van der Waals surface area contributed by atoms with Crippen LogP contribution in [-0.4, -0.2) is 68.1 Å².